The van der Waals surface area contributed by atoms with Crippen molar-refractivity contribution in [2.45, 2.75) is 35.1 Å². The monoisotopic (exact) mass is 557 g/mol. The molecule has 0 atom stereocenters. The highest BCUT2D eigenvalue weighted by Crippen LogP contribution is 2.41. The summed E-state index contributed by atoms with van der Waals surface area (Å²) in [4.78, 5) is 9.81. The minimum absolute atomic E-state index is 0.199. The lowest BCUT2D eigenvalue weighted by molar-refractivity contribution is 0.198. The van der Waals surface area contributed by atoms with E-state index in [4.69, 9.17) is 14.2 Å². The molecular weight excluding hydrogens is 522 g/mol. The lowest BCUT2D eigenvalue weighted by Gasteiger charge is -2.33. The molecule has 3 aromatic rings. The number of rotatable bonds is 7. The van der Waals surface area contributed by atoms with Crippen LogP contribution in [0.1, 0.15) is 19.3 Å². The highest BCUT2D eigenvalue weighted by Gasteiger charge is 2.30. The Morgan fingerprint density at radius 2 is 1.61 bits per heavy atom. The smallest absolute Gasteiger partial charge is 0.210 e. The third-order valence-corrected chi connectivity index (χ3v) is 10.3. The molecular formula is C28H35N3O5S2. The summed E-state index contributed by atoms with van der Waals surface area (Å²) in [5.41, 5.74) is 1.34. The van der Waals surface area contributed by atoms with E-state index in [-0.39, 0.29) is 9.79 Å². The van der Waals surface area contributed by atoms with Crippen molar-refractivity contribution in [2.75, 3.05) is 63.9 Å². The Hall–Kier alpha value is -2.69. The molecule has 0 saturated carbocycles. The summed E-state index contributed by atoms with van der Waals surface area (Å²) in [6.45, 7) is 3.42. The molecule has 0 N–H and O–H groups in total. The Morgan fingerprint density at radius 3 is 2.29 bits per heavy atom. The molecule has 0 bridgehead atoms. The number of hydrogen-bond donors (Lipinski definition) is 0. The standard InChI is InChI=1S/C28H35N3O5S2/c1-34-21-5-7-22(8-6-21)38(32,33)27-19-29-24-18-26(36-3)25(35-2)17-23(24)28(27)31-12-4-11-30(13-14-31)20-9-15-37-16-10-20/h5-8,17-20H,4,9-16H2,1-3H3. The van der Waals surface area contributed by atoms with Gasteiger partial charge in [0.1, 0.15) is 10.6 Å². The zero-order valence-corrected chi connectivity index (χ0v) is 23.8. The van der Waals surface area contributed by atoms with Gasteiger partial charge in [0.2, 0.25) is 9.84 Å². The van der Waals surface area contributed by atoms with Crippen LogP contribution >= 0.6 is 11.8 Å². The third kappa shape index (κ3) is 5.26. The molecule has 0 unspecified atom stereocenters. The van der Waals surface area contributed by atoms with Crippen molar-refractivity contribution in [1.82, 2.24) is 9.88 Å². The molecule has 10 heteroatoms. The number of thioether (sulfide) groups is 1. The molecule has 0 radical (unpaired) electrons. The van der Waals surface area contributed by atoms with E-state index in [9.17, 15) is 8.42 Å². The fraction of sp³-hybridized carbons (Fsp3) is 0.464. The summed E-state index contributed by atoms with van der Waals surface area (Å²) >= 11 is 2.04. The van der Waals surface area contributed by atoms with Gasteiger partial charge in [-0.25, -0.2) is 8.42 Å². The van der Waals surface area contributed by atoms with E-state index in [2.05, 4.69) is 14.8 Å². The molecule has 2 aliphatic heterocycles. The topological polar surface area (TPSA) is 81.2 Å². The highest BCUT2D eigenvalue weighted by molar-refractivity contribution is 7.99. The van der Waals surface area contributed by atoms with E-state index in [1.807, 2.05) is 23.9 Å². The van der Waals surface area contributed by atoms with Gasteiger partial charge in [-0.15, -0.1) is 0 Å². The van der Waals surface area contributed by atoms with Gasteiger partial charge in [0.25, 0.3) is 0 Å². The normalized spacial score (nSPS) is 17.8. The van der Waals surface area contributed by atoms with Crippen LogP contribution in [0.2, 0.25) is 0 Å². The summed E-state index contributed by atoms with van der Waals surface area (Å²) in [5, 5.41) is 0.736. The molecule has 0 amide bonds. The number of pyridine rings is 1. The van der Waals surface area contributed by atoms with Gasteiger partial charge in [-0.3, -0.25) is 9.88 Å². The van der Waals surface area contributed by atoms with Crippen LogP contribution in [0.3, 0.4) is 0 Å². The van der Waals surface area contributed by atoms with Crippen LogP contribution in [-0.4, -0.2) is 83.4 Å². The Labute approximate surface area is 229 Å². The first-order valence-corrected chi connectivity index (χ1v) is 15.6. The SMILES string of the molecule is COc1ccc(S(=O)(=O)c2cnc3cc(OC)c(OC)cc3c2N2CCCN(C3CCSCC3)CC2)cc1. The van der Waals surface area contributed by atoms with Gasteiger partial charge in [0.15, 0.2) is 11.5 Å². The van der Waals surface area contributed by atoms with Crippen LogP contribution in [-0.2, 0) is 9.84 Å². The quantitative estimate of drug-likeness (QED) is 0.417. The van der Waals surface area contributed by atoms with Gasteiger partial charge < -0.3 is 19.1 Å². The number of ether oxygens (including phenoxy) is 3. The van der Waals surface area contributed by atoms with Crippen molar-refractivity contribution < 1.29 is 22.6 Å². The summed E-state index contributed by atoms with van der Waals surface area (Å²) in [6, 6.07) is 10.8. The zero-order chi connectivity index (χ0) is 26.7. The second kappa shape index (κ2) is 11.6. The Bertz CT molecular complexity index is 1380. The summed E-state index contributed by atoms with van der Waals surface area (Å²) in [7, 11) is 0.864. The number of fused-ring (bicyclic) bond motifs is 1. The van der Waals surface area contributed by atoms with Crippen molar-refractivity contribution in [3.8, 4) is 17.2 Å². The Morgan fingerprint density at radius 1 is 0.895 bits per heavy atom. The summed E-state index contributed by atoms with van der Waals surface area (Å²) in [5.74, 6) is 4.13. The minimum Gasteiger partial charge on any atom is -0.497 e. The fourth-order valence-corrected chi connectivity index (χ4v) is 7.98. The number of aromatic nitrogens is 1. The highest BCUT2D eigenvalue weighted by atomic mass is 32.2. The van der Waals surface area contributed by atoms with Crippen LogP contribution in [0, 0.1) is 0 Å². The Balaban J connectivity index is 1.61. The molecule has 5 rings (SSSR count). The van der Waals surface area contributed by atoms with Gasteiger partial charge in [0, 0.05) is 49.9 Å². The first-order valence-electron chi connectivity index (χ1n) is 13.0. The van der Waals surface area contributed by atoms with Crippen molar-refractivity contribution in [1.29, 1.82) is 0 Å². The van der Waals surface area contributed by atoms with Gasteiger partial charge in [-0.05, 0) is 61.1 Å². The first-order chi connectivity index (χ1) is 18.5. The molecule has 0 aliphatic carbocycles. The maximum absolute atomic E-state index is 14.0. The van der Waals surface area contributed by atoms with E-state index >= 15 is 0 Å². The van der Waals surface area contributed by atoms with Crippen LogP contribution in [0.4, 0.5) is 5.69 Å². The molecule has 1 aromatic heterocycles. The van der Waals surface area contributed by atoms with E-state index in [0.717, 1.165) is 38.0 Å². The second-order valence-electron chi connectivity index (χ2n) is 9.59. The van der Waals surface area contributed by atoms with Gasteiger partial charge in [0.05, 0.1) is 37.4 Å². The number of sulfone groups is 1. The summed E-state index contributed by atoms with van der Waals surface area (Å²) < 4.78 is 44.4. The number of anilines is 1. The molecule has 8 nitrogen and oxygen atoms in total. The second-order valence-corrected chi connectivity index (χ2v) is 12.7. The fourth-order valence-electron chi connectivity index (χ4n) is 5.47. The number of nitrogens with zero attached hydrogens (tertiary/aromatic N) is 3. The van der Waals surface area contributed by atoms with E-state index in [1.54, 1.807) is 45.6 Å². The number of benzene rings is 2. The lowest BCUT2D eigenvalue weighted by Crippen LogP contribution is -2.40. The average molecular weight is 558 g/mol. The lowest BCUT2D eigenvalue weighted by atomic mass is 10.1. The minimum atomic E-state index is -3.86. The zero-order valence-electron chi connectivity index (χ0n) is 22.2. The van der Waals surface area contributed by atoms with E-state index in [0.29, 0.717) is 34.5 Å². The summed E-state index contributed by atoms with van der Waals surface area (Å²) in [6.07, 6.45) is 4.89. The third-order valence-electron chi connectivity index (χ3n) is 7.52. The molecule has 2 saturated heterocycles. The average Bonchev–Trinajstić information content (AvgIpc) is 3.22. The van der Waals surface area contributed by atoms with Crippen LogP contribution < -0.4 is 19.1 Å². The molecule has 2 fully saturated rings. The van der Waals surface area contributed by atoms with Crippen molar-refractivity contribution in [3.05, 3.63) is 42.6 Å². The van der Waals surface area contributed by atoms with Crippen molar-refractivity contribution >= 4 is 38.2 Å². The number of methoxy groups -OCH3 is 3. The van der Waals surface area contributed by atoms with E-state index < -0.39 is 9.84 Å². The van der Waals surface area contributed by atoms with Crippen LogP contribution in [0.25, 0.3) is 10.9 Å². The molecule has 0 spiro atoms. The van der Waals surface area contributed by atoms with Crippen LogP contribution in [0.5, 0.6) is 17.2 Å². The van der Waals surface area contributed by atoms with E-state index in [1.165, 1.54) is 30.5 Å². The van der Waals surface area contributed by atoms with Gasteiger partial charge >= 0.3 is 0 Å². The molecule has 2 aromatic carbocycles. The molecule has 38 heavy (non-hydrogen) atoms. The van der Waals surface area contributed by atoms with Crippen LogP contribution in [0.15, 0.2) is 52.4 Å². The molecule has 3 heterocycles. The largest absolute Gasteiger partial charge is 0.497 e. The maximum atomic E-state index is 14.0. The maximum Gasteiger partial charge on any atom is 0.210 e. The van der Waals surface area contributed by atoms with Gasteiger partial charge in [-0.2, -0.15) is 11.8 Å². The number of hydrogen-bond acceptors (Lipinski definition) is 9. The predicted octanol–water partition coefficient (Wildman–Crippen LogP) is 4.50. The predicted molar refractivity (Wildman–Crippen MR) is 152 cm³/mol. The first kappa shape index (κ1) is 26.9. The van der Waals surface area contributed by atoms with Crippen molar-refractivity contribution in [3.63, 3.8) is 0 Å². The van der Waals surface area contributed by atoms with Crippen molar-refractivity contribution in [2.24, 2.45) is 0 Å². The van der Waals surface area contributed by atoms with Gasteiger partial charge in [-0.1, -0.05) is 0 Å². The molecule has 2 aliphatic rings. The molecule has 204 valence electrons. The Kier molecular flexibility index (Phi) is 8.20.